The second kappa shape index (κ2) is 12.1. The number of methoxy groups -OCH3 is 1. The Labute approximate surface area is 272 Å². The van der Waals surface area contributed by atoms with Gasteiger partial charge < -0.3 is 19.0 Å². The number of allylic oxidation sites excluding steroid dienone is 1. The van der Waals surface area contributed by atoms with Crippen LogP contribution in [0.2, 0.25) is 0 Å². The van der Waals surface area contributed by atoms with Crippen molar-refractivity contribution in [2.75, 3.05) is 20.2 Å². The number of amides is 1. The fourth-order valence-corrected chi connectivity index (χ4v) is 7.75. The van der Waals surface area contributed by atoms with E-state index in [4.69, 9.17) is 14.1 Å². The molecule has 1 amide bonds. The van der Waals surface area contributed by atoms with E-state index in [2.05, 4.69) is 9.97 Å². The smallest absolute Gasteiger partial charge is 0.271 e. The van der Waals surface area contributed by atoms with Gasteiger partial charge in [-0.05, 0) is 73.6 Å². The number of likely N-dealkylation sites (N-methyl/N-ethyl adjacent to an activating group) is 1. The number of ether oxygens (including phenoxy) is 1. The van der Waals surface area contributed by atoms with Crippen molar-refractivity contribution < 1.29 is 13.9 Å². The number of furan rings is 1. The van der Waals surface area contributed by atoms with Crippen molar-refractivity contribution in [1.82, 2.24) is 19.4 Å². The summed E-state index contributed by atoms with van der Waals surface area (Å²) >= 11 is 2.65. The van der Waals surface area contributed by atoms with Crippen LogP contribution in [-0.2, 0) is 4.79 Å². The van der Waals surface area contributed by atoms with Crippen LogP contribution in [-0.4, -0.2) is 45.5 Å². The van der Waals surface area contributed by atoms with Gasteiger partial charge in [-0.2, -0.15) is 0 Å². The molecule has 0 radical (unpaired) electrons. The maximum Gasteiger partial charge on any atom is 0.271 e. The Morgan fingerprint density at radius 1 is 1.09 bits per heavy atom. The van der Waals surface area contributed by atoms with Gasteiger partial charge in [-0.1, -0.05) is 53.8 Å². The van der Waals surface area contributed by atoms with Crippen LogP contribution in [0.25, 0.3) is 27.9 Å². The van der Waals surface area contributed by atoms with Crippen molar-refractivity contribution in [3.05, 3.63) is 115 Å². The van der Waals surface area contributed by atoms with Crippen molar-refractivity contribution in [2.24, 2.45) is 4.99 Å². The number of para-hydroxylation sites is 2. The first-order valence-electron chi connectivity index (χ1n) is 15.0. The zero-order chi connectivity index (χ0) is 31.9. The van der Waals surface area contributed by atoms with Crippen LogP contribution in [0, 0.1) is 0 Å². The van der Waals surface area contributed by atoms with E-state index in [1.165, 1.54) is 23.1 Å². The Morgan fingerprint density at radius 3 is 2.65 bits per heavy atom. The number of rotatable bonds is 8. The number of H-pyrrole nitrogens is 1. The molecule has 0 saturated carbocycles. The van der Waals surface area contributed by atoms with Gasteiger partial charge in [0, 0.05) is 24.7 Å². The molecule has 1 aliphatic rings. The van der Waals surface area contributed by atoms with Gasteiger partial charge in [0.15, 0.2) is 15.1 Å². The van der Waals surface area contributed by atoms with Gasteiger partial charge in [-0.15, -0.1) is 0 Å². The number of aromatic nitrogens is 3. The summed E-state index contributed by atoms with van der Waals surface area (Å²) in [6.45, 7) is 6.80. The van der Waals surface area contributed by atoms with Gasteiger partial charge >= 0.3 is 0 Å². The Balaban J connectivity index is 1.36. The lowest BCUT2D eigenvalue weighted by atomic mass is 9.90. The van der Waals surface area contributed by atoms with Crippen LogP contribution in [0.3, 0.4) is 0 Å². The molecule has 0 bridgehead atoms. The molecule has 0 spiro atoms. The molecular weight excluding hydrogens is 619 g/mol. The van der Waals surface area contributed by atoms with Crippen LogP contribution in [0.15, 0.2) is 109 Å². The molecule has 3 aromatic heterocycles. The summed E-state index contributed by atoms with van der Waals surface area (Å²) < 4.78 is 14.1. The van der Waals surface area contributed by atoms with E-state index < -0.39 is 6.04 Å². The molecule has 1 aliphatic heterocycles. The molecule has 11 heteroatoms. The number of carbonyl (C=O) groups is 1. The van der Waals surface area contributed by atoms with E-state index in [0.717, 1.165) is 27.4 Å². The first kappa shape index (κ1) is 29.8. The zero-order valence-electron chi connectivity index (χ0n) is 25.7. The lowest BCUT2D eigenvalue weighted by Crippen LogP contribution is -2.43. The average Bonchev–Trinajstić information content (AvgIpc) is 3.77. The molecule has 4 heterocycles. The third kappa shape index (κ3) is 5.15. The van der Waals surface area contributed by atoms with Crippen molar-refractivity contribution in [3.8, 4) is 5.75 Å². The maximum absolute atomic E-state index is 14.4. The molecule has 0 aliphatic carbocycles. The number of carbonyl (C=O) groups excluding carboxylic acids is 1. The van der Waals surface area contributed by atoms with Crippen LogP contribution in [0.5, 0.6) is 5.75 Å². The van der Waals surface area contributed by atoms with Crippen LogP contribution in [0.1, 0.15) is 38.1 Å². The Morgan fingerprint density at radius 2 is 1.87 bits per heavy atom. The minimum atomic E-state index is -0.747. The fourth-order valence-electron chi connectivity index (χ4n) is 5.95. The summed E-state index contributed by atoms with van der Waals surface area (Å²) in [5.74, 6) is 0.966. The number of imidazole rings is 1. The second-order valence-electron chi connectivity index (χ2n) is 10.8. The topological polar surface area (TPSA) is 106 Å². The lowest BCUT2D eigenvalue weighted by Gasteiger charge is -2.30. The predicted octanol–water partition coefficient (Wildman–Crippen LogP) is 5.89. The monoisotopic (exact) mass is 649 g/mol. The highest BCUT2D eigenvalue weighted by Crippen LogP contribution is 2.40. The Kier molecular flexibility index (Phi) is 7.87. The molecule has 3 aromatic carbocycles. The Bertz CT molecular complexity index is 2310. The minimum absolute atomic E-state index is 0.154. The summed E-state index contributed by atoms with van der Waals surface area (Å²) in [6.07, 6.45) is 1.73. The molecule has 46 heavy (non-hydrogen) atoms. The number of benzene rings is 3. The van der Waals surface area contributed by atoms with Crippen molar-refractivity contribution in [3.63, 3.8) is 0 Å². The maximum atomic E-state index is 14.4. The quantitative estimate of drug-likeness (QED) is 0.221. The van der Waals surface area contributed by atoms with Crippen molar-refractivity contribution >= 4 is 56.9 Å². The molecule has 232 valence electrons. The first-order chi connectivity index (χ1) is 22.4. The number of nitrogens with zero attached hydrogens (tertiary/aromatic N) is 4. The van der Waals surface area contributed by atoms with E-state index in [1.807, 2.05) is 93.6 Å². The summed E-state index contributed by atoms with van der Waals surface area (Å²) in [6, 6.07) is 22.6. The summed E-state index contributed by atoms with van der Waals surface area (Å²) in [4.78, 5) is 43.5. The molecule has 9 nitrogen and oxygen atoms in total. The predicted molar refractivity (Wildman–Crippen MR) is 181 cm³/mol. The molecule has 0 saturated heterocycles. The van der Waals surface area contributed by atoms with Gasteiger partial charge in [0.05, 0.1) is 33.9 Å². The zero-order valence-corrected chi connectivity index (χ0v) is 27.4. The van der Waals surface area contributed by atoms with E-state index in [-0.39, 0.29) is 11.5 Å². The molecule has 6 aromatic rings. The number of hydrogen-bond acceptors (Lipinski definition) is 8. The number of nitrogens with one attached hydrogen (secondary N) is 1. The highest BCUT2D eigenvalue weighted by atomic mass is 32.2. The van der Waals surface area contributed by atoms with Gasteiger partial charge in [0.1, 0.15) is 17.6 Å². The first-order valence-corrected chi connectivity index (χ1v) is 16.6. The standard InChI is InChI=1S/C35H31N5O4S2/c1-5-39(6-2)33(42)29-20(3)36-35-40(31(29)30-23-12-8-7-11-21(23)15-17-26(30)43-4)32(41)27(45-35)19-22-16-18-28(44-22)46-34-37-24-13-9-10-14-25(24)38-34/h7-19,31H,5-6H2,1-4H3,(H,37,38)/b27-19+/t31-/m1/s1. The average molecular weight is 650 g/mol. The van der Waals surface area contributed by atoms with Gasteiger partial charge in [0.2, 0.25) is 0 Å². The largest absolute Gasteiger partial charge is 0.496 e. The van der Waals surface area contributed by atoms with E-state index in [0.29, 0.717) is 55.5 Å². The SMILES string of the molecule is CCN(CC)C(=O)C1=C(C)N=c2s/c(=C/c3ccc(Sc4nc5ccccc5[nH]4)o3)c(=O)n2[C@H]1c1c(OC)ccc2ccccc12. The summed E-state index contributed by atoms with van der Waals surface area (Å²) in [7, 11) is 1.61. The summed E-state index contributed by atoms with van der Waals surface area (Å²) in [5, 5.41) is 3.24. The van der Waals surface area contributed by atoms with Crippen LogP contribution in [0.4, 0.5) is 0 Å². The van der Waals surface area contributed by atoms with Crippen LogP contribution < -0.4 is 19.6 Å². The van der Waals surface area contributed by atoms with Crippen LogP contribution >= 0.6 is 23.1 Å². The molecule has 0 fully saturated rings. The number of aromatic amines is 1. The third-order valence-corrected chi connectivity index (χ3v) is 9.96. The van der Waals surface area contributed by atoms with Gasteiger partial charge in [-0.25, -0.2) is 9.98 Å². The highest BCUT2D eigenvalue weighted by molar-refractivity contribution is 7.99. The third-order valence-electron chi connectivity index (χ3n) is 8.17. The Hall–Kier alpha value is -4.87. The molecule has 1 N–H and O–H groups in total. The van der Waals surface area contributed by atoms with Gasteiger partial charge in [0.25, 0.3) is 11.5 Å². The van der Waals surface area contributed by atoms with Crippen molar-refractivity contribution in [2.45, 2.75) is 37.1 Å². The normalized spacial score (nSPS) is 15.0. The van der Waals surface area contributed by atoms with E-state index >= 15 is 0 Å². The molecule has 0 unspecified atom stereocenters. The number of fused-ring (bicyclic) bond motifs is 3. The minimum Gasteiger partial charge on any atom is -0.496 e. The second-order valence-corrected chi connectivity index (χ2v) is 12.8. The highest BCUT2D eigenvalue weighted by Gasteiger charge is 2.36. The number of thiazole rings is 1. The number of hydrogen-bond donors (Lipinski definition) is 1. The molecule has 7 rings (SSSR count). The van der Waals surface area contributed by atoms with Gasteiger partial charge in [-0.3, -0.25) is 14.2 Å². The molecular formula is C35H31N5O4S2. The lowest BCUT2D eigenvalue weighted by molar-refractivity contribution is -0.127. The summed E-state index contributed by atoms with van der Waals surface area (Å²) in [5.41, 5.74) is 3.35. The van der Waals surface area contributed by atoms with Crippen molar-refractivity contribution in [1.29, 1.82) is 0 Å². The molecule has 1 atom stereocenters. The fraction of sp³-hybridized carbons (Fsp3) is 0.200. The van der Waals surface area contributed by atoms with E-state index in [9.17, 15) is 9.59 Å². The van der Waals surface area contributed by atoms with E-state index in [1.54, 1.807) is 22.7 Å².